The molecule has 1 fully saturated rings. The number of rotatable bonds is 5. The molecule has 1 saturated heterocycles. The first-order chi connectivity index (χ1) is 12.1. The van der Waals surface area contributed by atoms with Gasteiger partial charge in [0.2, 0.25) is 0 Å². The Bertz CT molecular complexity index is 724. The van der Waals surface area contributed by atoms with Crippen LogP contribution in [0.15, 0.2) is 42.6 Å². The Morgan fingerprint density at radius 1 is 1.24 bits per heavy atom. The molecule has 2 heterocycles. The third-order valence-electron chi connectivity index (χ3n) is 4.32. The smallest absolute Gasteiger partial charge is 0.270 e. The summed E-state index contributed by atoms with van der Waals surface area (Å²) in [6.45, 7) is 2.26. The second kappa shape index (κ2) is 8.23. The summed E-state index contributed by atoms with van der Waals surface area (Å²) in [7, 11) is 4.09. The largest absolute Gasteiger partial charge is 0.381 e. The maximum absolute atomic E-state index is 12.7. The molecular formula is C20H25N3O2. The predicted octanol–water partition coefficient (Wildman–Crippen LogP) is 2.72. The van der Waals surface area contributed by atoms with E-state index in [1.807, 2.05) is 38.4 Å². The lowest BCUT2D eigenvalue weighted by molar-refractivity contribution is 0.0694. The van der Waals surface area contributed by atoms with E-state index in [2.05, 4.69) is 27.3 Å². The van der Waals surface area contributed by atoms with Crippen LogP contribution in [-0.4, -0.2) is 49.1 Å². The minimum Gasteiger partial charge on any atom is -0.381 e. The van der Waals surface area contributed by atoms with Gasteiger partial charge in [-0.05, 0) is 50.2 Å². The van der Waals surface area contributed by atoms with Crippen molar-refractivity contribution in [1.29, 1.82) is 0 Å². The maximum Gasteiger partial charge on any atom is 0.270 e. The summed E-state index contributed by atoms with van der Waals surface area (Å²) >= 11 is 0. The Morgan fingerprint density at radius 2 is 2.04 bits per heavy atom. The van der Waals surface area contributed by atoms with Gasteiger partial charge in [0.1, 0.15) is 5.69 Å². The van der Waals surface area contributed by atoms with Gasteiger partial charge in [-0.2, -0.15) is 0 Å². The number of hydrogen-bond acceptors (Lipinski definition) is 4. The molecule has 5 nitrogen and oxygen atoms in total. The summed E-state index contributed by atoms with van der Waals surface area (Å²) in [5.41, 5.74) is 3.58. The molecule has 0 bridgehead atoms. The van der Waals surface area contributed by atoms with Gasteiger partial charge in [0.15, 0.2) is 0 Å². The van der Waals surface area contributed by atoms with Gasteiger partial charge in [0.05, 0.1) is 0 Å². The van der Waals surface area contributed by atoms with Crippen LogP contribution in [0.4, 0.5) is 0 Å². The topological polar surface area (TPSA) is 54.5 Å². The number of amides is 1. The van der Waals surface area contributed by atoms with Crippen molar-refractivity contribution in [3.63, 3.8) is 0 Å². The van der Waals surface area contributed by atoms with E-state index in [0.717, 1.165) is 30.5 Å². The molecule has 0 atom stereocenters. The van der Waals surface area contributed by atoms with E-state index in [9.17, 15) is 4.79 Å². The Morgan fingerprint density at radius 3 is 2.80 bits per heavy atom. The summed E-state index contributed by atoms with van der Waals surface area (Å²) in [5.74, 6) is -0.111. The van der Waals surface area contributed by atoms with Gasteiger partial charge < -0.3 is 15.0 Å². The van der Waals surface area contributed by atoms with Gasteiger partial charge in [-0.1, -0.05) is 24.3 Å². The molecule has 1 aromatic heterocycles. The highest BCUT2D eigenvalue weighted by Gasteiger charge is 2.20. The molecule has 1 amide bonds. The van der Waals surface area contributed by atoms with E-state index in [1.165, 1.54) is 5.56 Å². The lowest BCUT2D eigenvalue weighted by Crippen LogP contribution is -2.39. The molecule has 0 unspecified atom stereocenters. The first-order valence-electron chi connectivity index (χ1n) is 8.71. The van der Waals surface area contributed by atoms with Crippen molar-refractivity contribution in [3.05, 3.63) is 53.9 Å². The monoisotopic (exact) mass is 339 g/mol. The van der Waals surface area contributed by atoms with E-state index in [4.69, 9.17) is 4.74 Å². The molecule has 1 aliphatic rings. The molecule has 1 N–H and O–H groups in total. The molecule has 5 heteroatoms. The van der Waals surface area contributed by atoms with Crippen LogP contribution in [0.3, 0.4) is 0 Å². The number of nitrogens with zero attached hydrogens (tertiary/aromatic N) is 2. The number of hydrogen-bond donors (Lipinski definition) is 1. The number of ether oxygens (including phenoxy) is 1. The van der Waals surface area contributed by atoms with Crippen molar-refractivity contribution in [2.24, 2.45) is 0 Å². The van der Waals surface area contributed by atoms with Crippen molar-refractivity contribution in [2.75, 3.05) is 27.3 Å². The van der Waals surface area contributed by atoms with E-state index in [-0.39, 0.29) is 11.9 Å². The minimum absolute atomic E-state index is 0.111. The van der Waals surface area contributed by atoms with Crippen LogP contribution in [-0.2, 0) is 11.3 Å². The fraction of sp³-hybridized carbons (Fsp3) is 0.400. The number of nitrogens with one attached hydrogen (secondary N) is 1. The molecule has 3 rings (SSSR count). The van der Waals surface area contributed by atoms with Crippen molar-refractivity contribution in [3.8, 4) is 11.1 Å². The van der Waals surface area contributed by atoms with Gasteiger partial charge in [-0.25, -0.2) is 0 Å². The molecule has 25 heavy (non-hydrogen) atoms. The van der Waals surface area contributed by atoms with E-state index in [1.54, 1.807) is 6.20 Å². The van der Waals surface area contributed by atoms with Crippen LogP contribution in [0.25, 0.3) is 11.1 Å². The SMILES string of the molecule is CN(C)Cc1cccc(-c2cccnc2C(=O)NC2CCOCC2)c1. The zero-order valence-electron chi connectivity index (χ0n) is 14.9. The average Bonchev–Trinajstić information content (AvgIpc) is 2.62. The number of aromatic nitrogens is 1. The van der Waals surface area contributed by atoms with Crippen LogP contribution in [0, 0.1) is 0 Å². The van der Waals surface area contributed by atoms with Crippen LogP contribution >= 0.6 is 0 Å². The Balaban J connectivity index is 1.84. The van der Waals surface area contributed by atoms with E-state index < -0.39 is 0 Å². The second-order valence-corrected chi connectivity index (χ2v) is 6.70. The summed E-state index contributed by atoms with van der Waals surface area (Å²) in [4.78, 5) is 19.2. The fourth-order valence-electron chi connectivity index (χ4n) is 3.12. The van der Waals surface area contributed by atoms with Crippen molar-refractivity contribution < 1.29 is 9.53 Å². The zero-order valence-corrected chi connectivity index (χ0v) is 14.9. The molecule has 1 aromatic carbocycles. The van der Waals surface area contributed by atoms with Crippen LogP contribution in [0.5, 0.6) is 0 Å². The van der Waals surface area contributed by atoms with Gasteiger partial charge in [0, 0.05) is 37.6 Å². The molecule has 0 aliphatic carbocycles. The zero-order chi connectivity index (χ0) is 17.6. The fourth-order valence-corrected chi connectivity index (χ4v) is 3.12. The lowest BCUT2D eigenvalue weighted by atomic mass is 10.0. The predicted molar refractivity (Wildman–Crippen MR) is 98.4 cm³/mol. The summed E-state index contributed by atoms with van der Waals surface area (Å²) < 4.78 is 5.35. The van der Waals surface area contributed by atoms with Crippen LogP contribution in [0.1, 0.15) is 28.9 Å². The molecule has 132 valence electrons. The molecule has 2 aromatic rings. The van der Waals surface area contributed by atoms with Crippen molar-refractivity contribution in [1.82, 2.24) is 15.2 Å². The highest BCUT2D eigenvalue weighted by atomic mass is 16.5. The maximum atomic E-state index is 12.7. The van der Waals surface area contributed by atoms with Gasteiger partial charge in [-0.15, -0.1) is 0 Å². The van der Waals surface area contributed by atoms with Gasteiger partial charge in [-0.3, -0.25) is 9.78 Å². The third-order valence-corrected chi connectivity index (χ3v) is 4.32. The second-order valence-electron chi connectivity index (χ2n) is 6.70. The highest BCUT2D eigenvalue weighted by molar-refractivity contribution is 5.99. The van der Waals surface area contributed by atoms with Gasteiger partial charge >= 0.3 is 0 Å². The van der Waals surface area contributed by atoms with Crippen LogP contribution < -0.4 is 5.32 Å². The quantitative estimate of drug-likeness (QED) is 0.910. The molecule has 0 spiro atoms. The van der Waals surface area contributed by atoms with Crippen LogP contribution in [0.2, 0.25) is 0 Å². The standard InChI is InChI=1S/C20H25N3O2/c1-23(2)14-15-5-3-6-16(13-15)18-7-4-10-21-19(18)20(24)22-17-8-11-25-12-9-17/h3-7,10,13,17H,8-9,11-12,14H2,1-2H3,(H,22,24). The highest BCUT2D eigenvalue weighted by Crippen LogP contribution is 2.24. The number of benzene rings is 1. The van der Waals surface area contributed by atoms with E-state index >= 15 is 0 Å². The molecule has 0 radical (unpaired) electrons. The Hall–Kier alpha value is -2.24. The van der Waals surface area contributed by atoms with Crippen molar-refractivity contribution in [2.45, 2.75) is 25.4 Å². The summed E-state index contributed by atoms with van der Waals surface area (Å²) in [6.07, 6.45) is 3.38. The molecule has 0 saturated carbocycles. The summed E-state index contributed by atoms with van der Waals surface area (Å²) in [6, 6.07) is 12.3. The van der Waals surface area contributed by atoms with Gasteiger partial charge in [0.25, 0.3) is 5.91 Å². The molecule has 1 aliphatic heterocycles. The Labute approximate surface area is 149 Å². The first-order valence-corrected chi connectivity index (χ1v) is 8.71. The third kappa shape index (κ3) is 4.65. The summed E-state index contributed by atoms with van der Waals surface area (Å²) in [5, 5.41) is 3.10. The first kappa shape index (κ1) is 17.6. The average molecular weight is 339 g/mol. The Kier molecular flexibility index (Phi) is 5.79. The minimum atomic E-state index is -0.111. The number of pyridine rings is 1. The van der Waals surface area contributed by atoms with Crippen molar-refractivity contribution >= 4 is 5.91 Å². The normalized spacial score (nSPS) is 15.3. The molecular weight excluding hydrogens is 314 g/mol. The van der Waals surface area contributed by atoms with E-state index in [0.29, 0.717) is 18.9 Å². The lowest BCUT2D eigenvalue weighted by Gasteiger charge is -2.23. The number of carbonyl (C=O) groups excluding carboxylic acids is 1. The number of carbonyl (C=O) groups is 1.